The van der Waals surface area contributed by atoms with Crippen LogP contribution in [0, 0.1) is 17.4 Å². The molecule has 3 aromatic rings. The molecule has 0 radical (unpaired) electrons. The molecule has 6 nitrogen and oxygen atoms in total. The van der Waals surface area contributed by atoms with Crippen molar-refractivity contribution in [1.82, 2.24) is 14.8 Å². The number of benzene rings is 2. The van der Waals surface area contributed by atoms with Crippen LogP contribution in [-0.2, 0) is 11.8 Å². The molecule has 2 aromatic carbocycles. The first-order chi connectivity index (χ1) is 13.3. The van der Waals surface area contributed by atoms with Gasteiger partial charge in [0.25, 0.3) is 0 Å². The lowest BCUT2D eigenvalue weighted by Gasteiger charge is -2.12. The van der Waals surface area contributed by atoms with Crippen molar-refractivity contribution in [2.75, 3.05) is 11.1 Å². The average Bonchev–Trinajstić information content (AvgIpc) is 2.99. The van der Waals surface area contributed by atoms with Crippen LogP contribution in [0.15, 0.2) is 40.0 Å². The molecule has 0 aliphatic heterocycles. The van der Waals surface area contributed by atoms with Gasteiger partial charge in [-0.1, -0.05) is 27.7 Å². The van der Waals surface area contributed by atoms with E-state index in [1.54, 1.807) is 22.8 Å². The molecule has 28 heavy (non-hydrogen) atoms. The van der Waals surface area contributed by atoms with E-state index in [0.29, 0.717) is 16.5 Å². The summed E-state index contributed by atoms with van der Waals surface area (Å²) in [7, 11) is 1.81. The van der Waals surface area contributed by atoms with E-state index in [4.69, 9.17) is 0 Å². The molecule has 1 aromatic heterocycles. The number of phenolic OH excluding ortho intramolecular Hbond substituents is 1. The largest absolute Gasteiger partial charge is 0.507 e. The first-order valence-corrected chi connectivity index (χ1v) is 11.2. The number of rotatable bonds is 5. The van der Waals surface area contributed by atoms with E-state index >= 15 is 0 Å². The molecule has 0 aliphatic rings. The lowest BCUT2D eigenvalue weighted by Crippen LogP contribution is -2.16. The molecule has 3 rings (SSSR count). The van der Waals surface area contributed by atoms with Crippen LogP contribution in [0.5, 0.6) is 5.75 Å². The van der Waals surface area contributed by atoms with E-state index < -0.39 is 0 Å². The van der Waals surface area contributed by atoms with Crippen LogP contribution in [0.1, 0.15) is 11.1 Å². The van der Waals surface area contributed by atoms with Gasteiger partial charge in [-0.15, -0.1) is 10.2 Å². The second-order valence-electron chi connectivity index (χ2n) is 6.28. The fourth-order valence-electron chi connectivity index (χ4n) is 2.78. The number of phenols is 1. The Morgan fingerprint density at radius 1 is 1.25 bits per heavy atom. The lowest BCUT2D eigenvalue weighted by atomic mass is 10.1. The van der Waals surface area contributed by atoms with E-state index in [0.717, 1.165) is 24.9 Å². The molecule has 2 N–H and O–H groups in total. The Balaban J connectivity index is 1.71. The molecule has 0 aliphatic carbocycles. The Kier molecular flexibility index (Phi) is 6.66. The highest BCUT2D eigenvalue weighted by atomic mass is 127. The number of aromatic nitrogens is 3. The third kappa shape index (κ3) is 4.69. The number of nitrogens with one attached hydrogen (secondary N) is 1. The van der Waals surface area contributed by atoms with Crippen molar-refractivity contribution < 1.29 is 9.90 Å². The van der Waals surface area contributed by atoms with Crippen LogP contribution in [0.3, 0.4) is 0 Å². The van der Waals surface area contributed by atoms with Gasteiger partial charge in [-0.05, 0) is 77.9 Å². The monoisotopic (exact) mass is 572 g/mol. The maximum absolute atomic E-state index is 12.4. The number of anilines is 1. The van der Waals surface area contributed by atoms with Crippen LogP contribution in [0.4, 0.5) is 5.69 Å². The highest BCUT2D eigenvalue weighted by molar-refractivity contribution is 14.1. The van der Waals surface area contributed by atoms with Crippen molar-refractivity contribution in [2.24, 2.45) is 7.05 Å². The normalized spacial score (nSPS) is 10.9. The Morgan fingerprint density at radius 2 is 1.93 bits per heavy atom. The minimum atomic E-state index is -0.104. The SMILES string of the molecule is Cc1cc(I)cc(C)c1NC(=O)CSc1nnc(-c2cc(Br)ccc2O)n1C. The van der Waals surface area contributed by atoms with Gasteiger partial charge in [0, 0.05) is 20.8 Å². The highest BCUT2D eigenvalue weighted by Gasteiger charge is 2.16. The Morgan fingerprint density at radius 3 is 2.61 bits per heavy atom. The highest BCUT2D eigenvalue weighted by Crippen LogP contribution is 2.32. The van der Waals surface area contributed by atoms with Gasteiger partial charge in [0.1, 0.15) is 5.75 Å². The number of hydrogen-bond donors (Lipinski definition) is 2. The molecule has 0 atom stereocenters. The van der Waals surface area contributed by atoms with Crippen LogP contribution in [0.25, 0.3) is 11.4 Å². The first-order valence-electron chi connectivity index (χ1n) is 8.34. The van der Waals surface area contributed by atoms with Crippen molar-refractivity contribution in [3.05, 3.63) is 49.5 Å². The zero-order valence-electron chi connectivity index (χ0n) is 15.5. The van der Waals surface area contributed by atoms with Crippen LogP contribution < -0.4 is 5.32 Å². The number of hydrogen-bond acceptors (Lipinski definition) is 5. The predicted octanol–water partition coefficient (Wildman–Crippen LogP) is 4.90. The van der Waals surface area contributed by atoms with Gasteiger partial charge in [-0.2, -0.15) is 0 Å². The Labute approximate surface area is 189 Å². The van der Waals surface area contributed by atoms with Crippen LogP contribution >= 0.6 is 50.3 Å². The molecular formula is C19H18BrIN4O2S. The summed E-state index contributed by atoms with van der Waals surface area (Å²) in [5.41, 5.74) is 3.50. The molecule has 0 fully saturated rings. The van der Waals surface area contributed by atoms with E-state index in [-0.39, 0.29) is 17.4 Å². The summed E-state index contributed by atoms with van der Waals surface area (Å²) in [5.74, 6) is 0.761. The lowest BCUT2D eigenvalue weighted by molar-refractivity contribution is -0.113. The molecule has 0 unspecified atom stereocenters. The summed E-state index contributed by atoms with van der Waals surface area (Å²) in [5, 5.41) is 22.0. The molecule has 0 bridgehead atoms. The molecule has 146 valence electrons. The molecular weight excluding hydrogens is 555 g/mol. The van der Waals surface area contributed by atoms with Gasteiger partial charge in [0.15, 0.2) is 11.0 Å². The smallest absolute Gasteiger partial charge is 0.234 e. The minimum absolute atomic E-state index is 0.104. The average molecular weight is 573 g/mol. The van der Waals surface area contributed by atoms with Gasteiger partial charge in [0.2, 0.25) is 5.91 Å². The third-order valence-corrected chi connectivity index (χ3v) is 6.26. The summed E-state index contributed by atoms with van der Waals surface area (Å²) in [6.07, 6.45) is 0. The fourth-order valence-corrected chi connectivity index (χ4v) is 4.78. The number of amides is 1. The maximum atomic E-state index is 12.4. The van der Waals surface area contributed by atoms with Gasteiger partial charge in [-0.25, -0.2) is 0 Å². The summed E-state index contributed by atoms with van der Waals surface area (Å²) in [6.45, 7) is 3.97. The van der Waals surface area contributed by atoms with Crippen molar-refractivity contribution in [1.29, 1.82) is 0 Å². The minimum Gasteiger partial charge on any atom is -0.507 e. The van der Waals surface area contributed by atoms with Gasteiger partial charge in [-0.3, -0.25) is 4.79 Å². The van der Waals surface area contributed by atoms with Crippen LogP contribution in [-0.4, -0.2) is 31.5 Å². The summed E-state index contributed by atoms with van der Waals surface area (Å²) >= 11 is 6.96. The summed E-state index contributed by atoms with van der Waals surface area (Å²) < 4.78 is 3.74. The molecule has 0 saturated carbocycles. The van der Waals surface area contributed by atoms with E-state index in [2.05, 4.69) is 54.0 Å². The zero-order chi connectivity index (χ0) is 20.4. The maximum Gasteiger partial charge on any atom is 0.234 e. The standard InChI is InChI=1S/C19H18BrIN4O2S/c1-10-6-13(21)7-11(2)17(10)22-16(27)9-28-19-24-23-18(25(19)3)14-8-12(20)4-5-15(14)26/h4-8,26H,9H2,1-3H3,(H,22,27). The van der Waals surface area contributed by atoms with Crippen molar-refractivity contribution >= 4 is 61.9 Å². The Bertz CT molecular complexity index is 1030. The van der Waals surface area contributed by atoms with Gasteiger partial charge in [0.05, 0.1) is 11.3 Å². The summed E-state index contributed by atoms with van der Waals surface area (Å²) in [6, 6.07) is 9.21. The molecule has 0 spiro atoms. The second kappa shape index (κ2) is 8.83. The second-order valence-corrected chi connectivity index (χ2v) is 9.38. The number of carbonyl (C=O) groups excluding carboxylic acids is 1. The molecule has 9 heteroatoms. The number of aromatic hydroxyl groups is 1. The topological polar surface area (TPSA) is 80.0 Å². The van der Waals surface area contributed by atoms with E-state index in [1.807, 2.05) is 33.0 Å². The third-order valence-electron chi connectivity index (χ3n) is 4.13. The number of aryl methyl sites for hydroxylation is 2. The summed E-state index contributed by atoms with van der Waals surface area (Å²) in [4.78, 5) is 12.4. The van der Waals surface area contributed by atoms with E-state index in [1.165, 1.54) is 11.8 Å². The quantitative estimate of drug-likeness (QED) is 0.336. The van der Waals surface area contributed by atoms with E-state index in [9.17, 15) is 9.90 Å². The first kappa shape index (κ1) is 21.1. The van der Waals surface area contributed by atoms with Gasteiger partial charge < -0.3 is 15.0 Å². The Hall–Kier alpha value is -1.59. The van der Waals surface area contributed by atoms with Crippen LogP contribution in [0.2, 0.25) is 0 Å². The zero-order valence-corrected chi connectivity index (χ0v) is 20.0. The van der Waals surface area contributed by atoms with Crippen molar-refractivity contribution in [3.63, 3.8) is 0 Å². The molecule has 1 heterocycles. The van der Waals surface area contributed by atoms with Crippen molar-refractivity contribution in [3.8, 4) is 17.1 Å². The molecule has 1 amide bonds. The number of carbonyl (C=O) groups is 1. The fraction of sp³-hybridized carbons (Fsp3) is 0.211. The van der Waals surface area contributed by atoms with Crippen molar-refractivity contribution in [2.45, 2.75) is 19.0 Å². The number of thioether (sulfide) groups is 1. The van der Waals surface area contributed by atoms with Gasteiger partial charge >= 0.3 is 0 Å². The molecule has 0 saturated heterocycles. The number of nitrogens with zero attached hydrogens (tertiary/aromatic N) is 3. The number of halogens is 2. The predicted molar refractivity (Wildman–Crippen MR) is 124 cm³/mol.